The van der Waals surface area contributed by atoms with Gasteiger partial charge in [0.05, 0.1) is 27.6 Å². The molecule has 10 heteroatoms. The van der Waals surface area contributed by atoms with E-state index in [1.54, 1.807) is 13.8 Å². The Labute approximate surface area is 208 Å². The van der Waals surface area contributed by atoms with Gasteiger partial charge >= 0.3 is 5.97 Å². The van der Waals surface area contributed by atoms with Crippen molar-refractivity contribution in [2.45, 2.75) is 26.7 Å². The number of anilines is 2. The molecule has 0 bridgehead atoms. The molecule has 0 aliphatic rings. The summed E-state index contributed by atoms with van der Waals surface area (Å²) < 4.78 is 7.09. The number of carbonyl (C=O) groups excluding carboxylic acids is 3. The first-order valence-electron chi connectivity index (χ1n) is 8.50. The first kappa shape index (κ1) is 24.1. The van der Waals surface area contributed by atoms with Crippen molar-refractivity contribution in [1.82, 2.24) is 0 Å². The number of benzene rings is 2. The van der Waals surface area contributed by atoms with Crippen molar-refractivity contribution in [3.63, 3.8) is 0 Å². The Kier molecular flexibility index (Phi) is 8.93. The molecular formula is C19H17I3N2O5. The first-order chi connectivity index (χ1) is 13.7. The molecule has 2 rings (SSSR count). The van der Waals surface area contributed by atoms with E-state index >= 15 is 0 Å². The smallest absolute Gasteiger partial charge is 0.345 e. The van der Waals surface area contributed by atoms with Gasteiger partial charge in [-0.1, -0.05) is 13.8 Å². The standard InChI is InChI=1S/C19H17I3N2O5/c1-3-11(26)23-17-14(20)13(15(21)18(16(17)22)24-12(27)4-2)19(28)29-10-7-5-9(25)6-8-10/h5-8,25H,3-4H2,1-2H3,(H,23,26)(H,24,27). The third-order valence-electron chi connectivity index (χ3n) is 3.74. The second-order valence-electron chi connectivity index (χ2n) is 5.75. The fraction of sp³-hybridized carbons (Fsp3) is 0.211. The Bertz CT molecular complexity index is 916. The molecule has 0 aliphatic carbocycles. The maximum atomic E-state index is 12.9. The highest BCUT2D eigenvalue weighted by Gasteiger charge is 2.27. The minimum atomic E-state index is -0.639. The Morgan fingerprint density at radius 2 is 1.31 bits per heavy atom. The van der Waals surface area contributed by atoms with E-state index in [1.807, 2.05) is 67.8 Å². The van der Waals surface area contributed by atoms with Gasteiger partial charge in [-0.05, 0) is 92.0 Å². The molecule has 0 saturated carbocycles. The van der Waals surface area contributed by atoms with Gasteiger partial charge in [-0.15, -0.1) is 0 Å². The zero-order valence-corrected chi connectivity index (χ0v) is 21.9. The fourth-order valence-electron chi connectivity index (χ4n) is 2.19. The highest BCUT2D eigenvalue weighted by atomic mass is 127. The molecule has 0 atom stereocenters. The van der Waals surface area contributed by atoms with Crippen LogP contribution in [0.4, 0.5) is 11.4 Å². The number of nitrogens with one attached hydrogen (secondary N) is 2. The summed E-state index contributed by atoms with van der Waals surface area (Å²) in [4.78, 5) is 37.0. The van der Waals surface area contributed by atoms with Crippen LogP contribution < -0.4 is 15.4 Å². The van der Waals surface area contributed by atoms with Gasteiger partial charge in [-0.2, -0.15) is 0 Å². The van der Waals surface area contributed by atoms with Gasteiger partial charge < -0.3 is 20.5 Å². The predicted octanol–water partition coefficient (Wildman–Crippen LogP) is 5.12. The molecule has 0 fully saturated rings. The lowest BCUT2D eigenvalue weighted by molar-refractivity contribution is -0.116. The molecule has 0 heterocycles. The minimum Gasteiger partial charge on any atom is -0.508 e. The number of phenols is 1. The molecule has 0 aliphatic heterocycles. The summed E-state index contributed by atoms with van der Waals surface area (Å²) in [5.41, 5.74) is 1.13. The molecular weight excluding hydrogens is 717 g/mol. The molecule has 7 nitrogen and oxygen atoms in total. The van der Waals surface area contributed by atoms with Gasteiger partial charge in [0.2, 0.25) is 11.8 Å². The van der Waals surface area contributed by atoms with E-state index in [2.05, 4.69) is 10.6 Å². The van der Waals surface area contributed by atoms with Gasteiger partial charge in [0.15, 0.2) is 0 Å². The van der Waals surface area contributed by atoms with E-state index in [-0.39, 0.29) is 41.7 Å². The Morgan fingerprint density at radius 3 is 1.72 bits per heavy atom. The maximum Gasteiger partial charge on any atom is 0.345 e. The SMILES string of the molecule is CCC(=O)Nc1c(I)c(NC(=O)CC)c(I)c(C(=O)Oc2ccc(O)cc2)c1I. The van der Waals surface area contributed by atoms with E-state index in [1.165, 1.54) is 24.3 Å². The van der Waals surface area contributed by atoms with Gasteiger partial charge in [-0.25, -0.2) is 4.79 Å². The number of ether oxygens (including phenoxy) is 1. The van der Waals surface area contributed by atoms with Crippen LogP contribution in [0, 0.1) is 10.7 Å². The largest absolute Gasteiger partial charge is 0.508 e. The molecule has 154 valence electrons. The molecule has 3 N–H and O–H groups in total. The average molecular weight is 734 g/mol. The minimum absolute atomic E-state index is 0.0531. The number of phenolic OH excluding ortho intramolecular Hbond substituents is 1. The van der Waals surface area contributed by atoms with Crippen molar-refractivity contribution in [1.29, 1.82) is 0 Å². The van der Waals surface area contributed by atoms with Crippen LogP contribution in [-0.4, -0.2) is 22.9 Å². The molecule has 29 heavy (non-hydrogen) atoms. The average Bonchev–Trinajstić information content (AvgIpc) is 2.69. The van der Waals surface area contributed by atoms with E-state index in [0.717, 1.165) is 0 Å². The summed E-state index contributed by atoms with van der Waals surface area (Å²) in [6, 6.07) is 5.76. The van der Waals surface area contributed by atoms with Gasteiger partial charge in [0.25, 0.3) is 0 Å². The van der Waals surface area contributed by atoms with E-state index in [0.29, 0.717) is 22.1 Å². The summed E-state index contributed by atoms with van der Waals surface area (Å²) in [5, 5.41) is 15.0. The lowest BCUT2D eigenvalue weighted by Gasteiger charge is -2.19. The number of hydrogen-bond acceptors (Lipinski definition) is 5. The molecule has 2 aromatic rings. The fourth-order valence-corrected chi connectivity index (χ4v) is 6.34. The van der Waals surface area contributed by atoms with E-state index in [4.69, 9.17) is 4.74 Å². The maximum absolute atomic E-state index is 12.9. The lowest BCUT2D eigenvalue weighted by Crippen LogP contribution is -2.21. The van der Waals surface area contributed by atoms with Gasteiger partial charge in [-0.3, -0.25) is 9.59 Å². The summed E-state index contributed by atoms with van der Waals surface area (Å²) in [6.07, 6.45) is 0.532. The van der Waals surface area contributed by atoms with Crippen molar-refractivity contribution in [3.05, 3.63) is 40.5 Å². The Morgan fingerprint density at radius 1 is 0.862 bits per heavy atom. The highest BCUT2D eigenvalue weighted by molar-refractivity contribution is 14.1. The van der Waals surface area contributed by atoms with Crippen LogP contribution in [0.5, 0.6) is 11.5 Å². The van der Waals surface area contributed by atoms with Crippen molar-refractivity contribution in [2.24, 2.45) is 0 Å². The third kappa shape index (κ3) is 5.93. The third-order valence-corrected chi connectivity index (χ3v) is 6.98. The van der Waals surface area contributed by atoms with Crippen LogP contribution in [0.15, 0.2) is 24.3 Å². The number of amides is 2. The van der Waals surface area contributed by atoms with Crippen molar-refractivity contribution >= 4 is 96.9 Å². The van der Waals surface area contributed by atoms with E-state index < -0.39 is 5.97 Å². The summed E-state index contributed by atoms with van der Waals surface area (Å²) in [7, 11) is 0. The van der Waals surface area contributed by atoms with E-state index in [9.17, 15) is 19.5 Å². The monoisotopic (exact) mass is 734 g/mol. The van der Waals surface area contributed by atoms with Crippen molar-refractivity contribution in [3.8, 4) is 11.5 Å². The highest BCUT2D eigenvalue weighted by Crippen LogP contribution is 2.39. The molecule has 2 aromatic carbocycles. The van der Waals surface area contributed by atoms with Crippen LogP contribution in [0.2, 0.25) is 0 Å². The normalized spacial score (nSPS) is 10.4. The Hall–Kier alpha value is -1.16. The topological polar surface area (TPSA) is 105 Å². The van der Waals surface area contributed by atoms with Gasteiger partial charge in [0, 0.05) is 12.8 Å². The quantitative estimate of drug-likeness (QED) is 0.217. The zero-order valence-electron chi connectivity index (χ0n) is 15.4. The Balaban J connectivity index is 2.58. The van der Waals surface area contributed by atoms with Crippen LogP contribution in [0.1, 0.15) is 37.0 Å². The number of rotatable bonds is 6. The van der Waals surface area contributed by atoms with Crippen molar-refractivity contribution in [2.75, 3.05) is 10.6 Å². The zero-order chi connectivity index (χ0) is 21.7. The molecule has 0 saturated heterocycles. The predicted molar refractivity (Wildman–Crippen MR) is 135 cm³/mol. The molecule has 0 unspecified atom stereocenters. The van der Waals surface area contributed by atoms with Crippen molar-refractivity contribution < 1.29 is 24.2 Å². The number of esters is 1. The number of halogens is 3. The van der Waals surface area contributed by atoms with Crippen LogP contribution in [0.3, 0.4) is 0 Å². The second-order valence-corrected chi connectivity index (χ2v) is 8.99. The lowest BCUT2D eigenvalue weighted by atomic mass is 10.1. The second kappa shape index (κ2) is 10.7. The number of aromatic hydroxyl groups is 1. The number of carbonyl (C=O) groups is 3. The molecule has 0 spiro atoms. The van der Waals surface area contributed by atoms with Crippen LogP contribution >= 0.6 is 67.8 Å². The molecule has 0 aromatic heterocycles. The van der Waals surface area contributed by atoms with Crippen LogP contribution in [-0.2, 0) is 9.59 Å². The first-order valence-corrected chi connectivity index (χ1v) is 11.7. The summed E-state index contributed by atoms with van der Waals surface area (Å²) >= 11 is 6.01. The summed E-state index contributed by atoms with van der Waals surface area (Å²) in [5.74, 6) is -0.756. The molecule has 0 radical (unpaired) electrons. The van der Waals surface area contributed by atoms with Gasteiger partial charge in [0.1, 0.15) is 11.5 Å². The molecule has 2 amide bonds. The van der Waals surface area contributed by atoms with Crippen LogP contribution in [0.25, 0.3) is 0 Å². The number of hydrogen-bond donors (Lipinski definition) is 3. The summed E-state index contributed by atoms with van der Waals surface area (Å²) in [6.45, 7) is 3.45.